The average Bonchev–Trinajstić information content (AvgIpc) is 2.65. The summed E-state index contributed by atoms with van der Waals surface area (Å²) in [6, 6.07) is 7.07. The molecule has 0 fully saturated rings. The molecule has 98 valence electrons. The van der Waals surface area contributed by atoms with E-state index in [0.29, 0.717) is 11.1 Å². The van der Waals surface area contributed by atoms with Gasteiger partial charge in [0, 0.05) is 5.56 Å². The van der Waals surface area contributed by atoms with Crippen LogP contribution >= 0.6 is 0 Å². The Kier molecular flexibility index (Phi) is 2.93. The molecule has 0 N–H and O–H groups in total. The van der Waals surface area contributed by atoms with E-state index < -0.39 is 18.2 Å². The molecule has 4 rings (SSSR count). The SMILES string of the molecule is CCOC(=O)C1=C[C@H]2OO[C@@H]1C(=O)c1ccccc12. The van der Waals surface area contributed by atoms with Crippen LogP contribution in [0, 0.1) is 0 Å². The van der Waals surface area contributed by atoms with Gasteiger partial charge in [-0.2, -0.15) is 0 Å². The Morgan fingerprint density at radius 1 is 1.32 bits per heavy atom. The van der Waals surface area contributed by atoms with Gasteiger partial charge in [0.25, 0.3) is 0 Å². The minimum absolute atomic E-state index is 0.208. The molecule has 0 amide bonds. The van der Waals surface area contributed by atoms with Crippen LogP contribution in [-0.4, -0.2) is 24.5 Å². The van der Waals surface area contributed by atoms with Crippen LogP contribution in [0.2, 0.25) is 0 Å². The molecule has 2 aliphatic heterocycles. The van der Waals surface area contributed by atoms with Gasteiger partial charge in [0.1, 0.15) is 6.10 Å². The van der Waals surface area contributed by atoms with Gasteiger partial charge < -0.3 is 4.74 Å². The summed E-state index contributed by atoms with van der Waals surface area (Å²) in [6.45, 7) is 1.96. The van der Waals surface area contributed by atoms with Gasteiger partial charge in [0.15, 0.2) is 11.9 Å². The largest absolute Gasteiger partial charge is 0.463 e. The monoisotopic (exact) mass is 260 g/mol. The Morgan fingerprint density at radius 2 is 2.11 bits per heavy atom. The van der Waals surface area contributed by atoms with Crippen LogP contribution < -0.4 is 0 Å². The van der Waals surface area contributed by atoms with Crippen molar-refractivity contribution < 1.29 is 24.1 Å². The predicted octanol–water partition coefficient (Wildman–Crippen LogP) is 1.74. The normalized spacial score (nSPS) is 24.5. The summed E-state index contributed by atoms with van der Waals surface area (Å²) >= 11 is 0. The van der Waals surface area contributed by atoms with Gasteiger partial charge in [0.2, 0.25) is 0 Å². The molecule has 3 aliphatic rings. The summed E-state index contributed by atoms with van der Waals surface area (Å²) in [5.74, 6) is -0.822. The Labute approximate surface area is 109 Å². The summed E-state index contributed by atoms with van der Waals surface area (Å²) < 4.78 is 4.94. The van der Waals surface area contributed by atoms with Gasteiger partial charge in [-0.05, 0) is 18.6 Å². The topological polar surface area (TPSA) is 61.8 Å². The second kappa shape index (κ2) is 4.60. The first-order valence-corrected chi connectivity index (χ1v) is 6.06. The van der Waals surface area contributed by atoms with Gasteiger partial charge in [-0.3, -0.25) is 4.79 Å². The van der Waals surface area contributed by atoms with Crippen LogP contribution in [-0.2, 0) is 19.3 Å². The summed E-state index contributed by atoms with van der Waals surface area (Å²) in [4.78, 5) is 34.4. The van der Waals surface area contributed by atoms with Crippen LogP contribution in [0.25, 0.3) is 0 Å². The van der Waals surface area contributed by atoms with Gasteiger partial charge in [-0.15, -0.1) is 0 Å². The molecule has 2 bridgehead atoms. The van der Waals surface area contributed by atoms with Crippen molar-refractivity contribution in [1.29, 1.82) is 0 Å². The number of hydrogen-bond donors (Lipinski definition) is 0. The predicted molar refractivity (Wildman–Crippen MR) is 64.2 cm³/mol. The first-order chi connectivity index (χ1) is 9.22. The second-order valence-electron chi connectivity index (χ2n) is 4.29. The fraction of sp³-hybridized carbons (Fsp3) is 0.286. The maximum Gasteiger partial charge on any atom is 0.337 e. The van der Waals surface area contributed by atoms with E-state index in [1.54, 1.807) is 31.2 Å². The van der Waals surface area contributed by atoms with Crippen LogP contribution in [0.3, 0.4) is 0 Å². The van der Waals surface area contributed by atoms with Gasteiger partial charge in [0.05, 0.1) is 12.2 Å². The van der Waals surface area contributed by atoms with Crippen molar-refractivity contribution in [3.8, 4) is 0 Å². The molecule has 0 saturated carbocycles. The van der Waals surface area contributed by atoms with Crippen molar-refractivity contribution in [3.63, 3.8) is 0 Å². The third kappa shape index (κ3) is 1.87. The Hall–Kier alpha value is -1.98. The highest BCUT2D eigenvalue weighted by atomic mass is 17.2. The van der Waals surface area contributed by atoms with Crippen molar-refractivity contribution in [1.82, 2.24) is 0 Å². The number of esters is 1. The molecule has 19 heavy (non-hydrogen) atoms. The molecule has 1 aromatic carbocycles. The molecule has 2 atom stereocenters. The number of Topliss-reactive ketones (excluding diaryl/α,β-unsaturated/α-hetero) is 1. The average molecular weight is 260 g/mol. The zero-order valence-electron chi connectivity index (χ0n) is 10.3. The van der Waals surface area contributed by atoms with Gasteiger partial charge >= 0.3 is 5.97 Å². The second-order valence-corrected chi connectivity index (χ2v) is 4.29. The van der Waals surface area contributed by atoms with E-state index in [4.69, 9.17) is 14.5 Å². The van der Waals surface area contributed by atoms with Crippen molar-refractivity contribution in [2.24, 2.45) is 0 Å². The molecule has 0 saturated heterocycles. The van der Waals surface area contributed by atoms with Crippen LogP contribution in [0.5, 0.6) is 0 Å². The standard InChI is InChI=1S/C14H12O5/c1-2-17-14(16)10-7-11-8-5-3-4-6-9(8)12(15)13(10)19-18-11/h3-7,11,13H,2H2,1H3/t11-,13+/m1/s1. The molecule has 5 heteroatoms. The number of benzene rings is 1. The number of carbonyl (C=O) groups excluding carboxylic acids is 2. The lowest BCUT2D eigenvalue weighted by molar-refractivity contribution is -0.331. The van der Waals surface area contributed by atoms with Gasteiger partial charge in [-0.25, -0.2) is 14.6 Å². The number of ether oxygens (including phenoxy) is 1. The maximum absolute atomic E-state index is 12.4. The van der Waals surface area contributed by atoms with E-state index in [-0.39, 0.29) is 18.0 Å². The van der Waals surface area contributed by atoms with Crippen molar-refractivity contribution in [3.05, 3.63) is 47.0 Å². The molecule has 1 aliphatic carbocycles. The number of ketones is 1. The summed E-state index contributed by atoms with van der Waals surface area (Å²) in [5.41, 5.74) is 1.43. The van der Waals surface area contributed by atoms with Crippen LogP contribution in [0.1, 0.15) is 28.9 Å². The van der Waals surface area contributed by atoms with Crippen molar-refractivity contribution >= 4 is 11.8 Å². The fourth-order valence-electron chi connectivity index (χ4n) is 2.27. The number of fused-ring (bicyclic) bond motifs is 1. The third-order valence-electron chi connectivity index (χ3n) is 3.15. The van der Waals surface area contributed by atoms with Crippen LogP contribution in [0.15, 0.2) is 35.9 Å². The molecule has 0 spiro atoms. The zero-order chi connectivity index (χ0) is 13.4. The molecule has 0 unspecified atom stereocenters. The first-order valence-electron chi connectivity index (χ1n) is 6.06. The molecule has 5 nitrogen and oxygen atoms in total. The molecule has 0 aromatic heterocycles. The highest BCUT2D eigenvalue weighted by molar-refractivity contribution is 6.09. The highest BCUT2D eigenvalue weighted by Gasteiger charge is 2.41. The Morgan fingerprint density at radius 3 is 2.89 bits per heavy atom. The summed E-state index contributed by atoms with van der Waals surface area (Å²) in [5, 5.41) is 0. The lowest BCUT2D eigenvalue weighted by Crippen LogP contribution is -2.32. The number of hydrogen-bond acceptors (Lipinski definition) is 5. The highest BCUT2D eigenvalue weighted by Crippen LogP contribution is 2.36. The fourth-order valence-corrected chi connectivity index (χ4v) is 2.27. The van der Waals surface area contributed by atoms with Crippen LogP contribution in [0.4, 0.5) is 0 Å². The zero-order valence-corrected chi connectivity index (χ0v) is 10.3. The number of rotatable bonds is 2. The van der Waals surface area contributed by atoms with Crippen molar-refractivity contribution in [2.45, 2.75) is 19.1 Å². The lowest BCUT2D eigenvalue weighted by Gasteiger charge is -2.21. The van der Waals surface area contributed by atoms with E-state index in [0.717, 1.165) is 0 Å². The van der Waals surface area contributed by atoms with Crippen molar-refractivity contribution in [2.75, 3.05) is 6.61 Å². The smallest absolute Gasteiger partial charge is 0.337 e. The van der Waals surface area contributed by atoms with E-state index in [9.17, 15) is 9.59 Å². The number of carbonyl (C=O) groups is 2. The van der Waals surface area contributed by atoms with Gasteiger partial charge in [-0.1, -0.05) is 24.3 Å². The summed E-state index contributed by atoms with van der Waals surface area (Å²) in [7, 11) is 0. The quantitative estimate of drug-likeness (QED) is 0.598. The Balaban J connectivity index is 2.07. The minimum Gasteiger partial charge on any atom is -0.463 e. The van der Waals surface area contributed by atoms with E-state index in [2.05, 4.69) is 0 Å². The third-order valence-corrected chi connectivity index (χ3v) is 3.15. The first kappa shape index (κ1) is 12.1. The molecule has 0 radical (unpaired) electrons. The Bertz CT molecular complexity index is 575. The van der Waals surface area contributed by atoms with E-state index in [1.807, 2.05) is 6.07 Å². The van der Waals surface area contributed by atoms with E-state index >= 15 is 0 Å². The molecular weight excluding hydrogens is 248 g/mol. The maximum atomic E-state index is 12.4. The van der Waals surface area contributed by atoms with E-state index in [1.165, 1.54) is 0 Å². The minimum atomic E-state index is -1.04. The molecule has 1 aromatic rings. The molecule has 2 heterocycles. The lowest BCUT2D eigenvalue weighted by atomic mass is 9.99. The summed E-state index contributed by atoms with van der Waals surface area (Å²) in [6.07, 6.45) is -0.00661. The molecular formula is C14H12O5.